The van der Waals surface area contributed by atoms with Crippen LogP contribution in [-0.2, 0) is 0 Å². The molecule has 25 heavy (non-hydrogen) atoms. The third-order valence-electron chi connectivity index (χ3n) is 3.63. The van der Waals surface area contributed by atoms with Gasteiger partial charge >= 0.3 is 6.03 Å². The van der Waals surface area contributed by atoms with E-state index in [9.17, 15) is 4.79 Å². The second-order valence-corrected chi connectivity index (χ2v) is 5.54. The van der Waals surface area contributed by atoms with Crippen LogP contribution >= 0.6 is 0 Å². The van der Waals surface area contributed by atoms with Gasteiger partial charge in [0.2, 0.25) is 0 Å². The summed E-state index contributed by atoms with van der Waals surface area (Å²) < 4.78 is 0. The Hall–Kier alpha value is -3.06. The van der Waals surface area contributed by atoms with Crippen molar-refractivity contribution in [1.29, 1.82) is 0 Å². The molecule has 3 rings (SSSR count). The average molecular weight is 336 g/mol. The van der Waals surface area contributed by atoms with Crippen molar-refractivity contribution in [3.63, 3.8) is 0 Å². The molecule has 2 heterocycles. The number of aromatic nitrogens is 3. The van der Waals surface area contributed by atoms with E-state index in [1.54, 1.807) is 18.3 Å². The predicted octanol–water partition coefficient (Wildman–Crippen LogP) is 2.55. The number of anilines is 1. The molecule has 2 aromatic heterocycles. The first-order valence-corrected chi connectivity index (χ1v) is 8.20. The fourth-order valence-electron chi connectivity index (χ4n) is 2.35. The Bertz CT molecular complexity index is 853. The third kappa shape index (κ3) is 4.48. The quantitative estimate of drug-likeness (QED) is 0.600. The van der Waals surface area contributed by atoms with Crippen LogP contribution in [0.4, 0.5) is 10.6 Å². The number of urea groups is 1. The van der Waals surface area contributed by atoms with E-state index >= 15 is 0 Å². The molecule has 0 spiro atoms. The van der Waals surface area contributed by atoms with Crippen molar-refractivity contribution in [3.8, 4) is 11.3 Å². The predicted molar refractivity (Wildman–Crippen MR) is 98.1 cm³/mol. The molecule has 2 amide bonds. The molecular weight excluding hydrogens is 316 g/mol. The SMILES string of the molecule is NCCCCNC(=O)Nc1ccc2ncc(-c3ccccc3)nc2n1. The first-order valence-electron chi connectivity index (χ1n) is 8.20. The van der Waals surface area contributed by atoms with Crippen molar-refractivity contribution in [2.24, 2.45) is 5.73 Å². The Kier molecular flexibility index (Phi) is 5.48. The Morgan fingerprint density at radius 2 is 1.88 bits per heavy atom. The first kappa shape index (κ1) is 16.8. The normalized spacial score (nSPS) is 10.6. The summed E-state index contributed by atoms with van der Waals surface area (Å²) in [6.07, 6.45) is 3.45. The maximum absolute atomic E-state index is 11.9. The van der Waals surface area contributed by atoms with Crippen LogP contribution in [0.2, 0.25) is 0 Å². The van der Waals surface area contributed by atoms with Crippen LogP contribution < -0.4 is 16.4 Å². The molecule has 4 N–H and O–H groups in total. The van der Waals surface area contributed by atoms with Gasteiger partial charge in [0.1, 0.15) is 11.3 Å². The molecule has 0 saturated carbocycles. The lowest BCUT2D eigenvalue weighted by atomic mass is 10.2. The number of nitrogens with two attached hydrogens (primary N) is 1. The topological polar surface area (TPSA) is 106 Å². The minimum Gasteiger partial charge on any atom is -0.338 e. The van der Waals surface area contributed by atoms with Gasteiger partial charge in [-0.3, -0.25) is 10.3 Å². The Balaban J connectivity index is 1.73. The van der Waals surface area contributed by atoms with Crippen molar-refractivity contribution in [3.05, 3.63) is 48.7 Å². The Morgan fingerprint density at radius 1 is 1.04 bits per heavy atom. The highest BCUT2D eigenvalue weighted by atomic mass is 16.2. The average Bonchev–Trinajstić information content (AvgIpc) is 2.65. The molecule has 7 heteroatoms. The zero-order chi connectivity index (χ0) is 17.5. The molecule has 3 aromatic rings. The molecular formula is C18H20N6O. The molecule has 0 radical (unpaired) electrons. The summed E-state index contributed by atoms with van der Waals surface area (Å²) in [6.45, 7) is 1.20. The summed E-state index contributed by atoms with van der Waals surface area (Å²) in [6, 6.07) is 13.0. The van der Waals surface area contributed by atoms with E-state index in [0.29, 0.717) is 30.1 Å². The van der Waals surface area contributed by atoms with Gasteiger partial charge < -0.3 is 11.1 Å². The van der Waals surface area contributed by atoms with Gasteiger partial charge in [0, 0.05) is 12.1 Å². The summed E-state index contributed by atoms with van der Waals surface area (Å²) in [4.78, 5) is 25.2. The van der Waals surface area contributed by atoms with Crippen molar-refractivity contribution in [2.75, 3.05) is 18.4 Å². The number of unbranched alkanes of at least 4 members (excludes halogenated alkanes) is 1. The smallest absolute Gasteiger partial charge is 0.320 e. The van der Waals surface area contributed by atoms with E-state index in [-0.39, 0.29) is 6.03 Å². The molecule has 0 unspecified atom stereocenters. The fourth-order valence-corrected chi connectivity index (χ4v) is 2.35. The number of pyridine rings is 1. The molecule has 0 atom stereocenters. The summed E-state index contributed by atoms with van der Waals surface area (Å²) in [5.74, 6) is 0.434. The van der Waals surface area contributed by atoms with Crippen LogP contribution in [0.15, 0.2) is 48.7 Å². The van der Waals surface area contributed by atoms with E-state index in [4.69, 9.17) is 5.73 Å². The lowest BCUT2D eigenvalue weighted by Gasteiger charge is -2.07. The van der Waals surface area contributed by atoms with Gasteiger partial charge in [-0.25, -0.2) is 14.8 Å². The number of benzene rings is 1. The number of amides is 2. The Labute approximate surface area is 145 Å². The standard InChI is InChI=1S/C18H20N6O/c19-10-4-5-11-20-18(25)24-16-9-8-14-17(23-16)22-15(12-21-14)13-6-2-1-3-7-13/h1-3,6-9,12H,4-5,10-11,19H2,(H2,20,22,23,24,25). The summed E-state index contributed by atoms with van der Waals surface area (Å²) in [5.41, 5.74) is 8.29. The van der Waals surface area contributed by atoms with Crippen molar-refractivity contribution >= 4 is 23.0 Å². The highest BCUT2D eigenvalue weighted by Gasteiger charge is 2.07. The highest BCUT2D eigenvalue weighted by Crippen LogP contribution is 2.18. The van der Waals surface area contributed by atoms with Crippen LogP contribution in [0, 0.1) is 0 Å². The number of hydrogen-bond donors (Lipinski definition) is 3. The zero-order valence-corrected chi connectivity index (χ0v) is 13.8. The van der Waals surface area contributed by atoms with Gasteiger partial charge in [-0.2, -0.15) is 0 Å². The van der Waals surface area contributed by atoms with E-state index < -0.39 is 0 Å². The number of nitrogens with zero attached hydrogens (tertiary/aromatic N) is 3. The zero-order valence-electron chi connectivity index (χ0n) is 13.8. The molecule has 0 saturated heterocycles. The minimum atomic E-state index is -0.295. The molecule has 0 aliphatic carbocycles. The van der Waals surface area contributed by atoms with Crippen LogP contribution in [0.3, 0.4) is 0 Å². The second kappa shape index (κ2) is 8.16. The van der Waals surface area contributed by atoms with Crippen molar-refractivity contribution < 1.29 is 4.79 Å². The summed E-state index contributed by atoms with van der Waals surface area (Å²) in [7, 11) is 0. The minimum absolute atomic E-state index is 0.295. The number of carbonyl (C=O) groups is 1. The van der Waals surface area contributed by atoms with Gasteiger partial charge in [0.15, 0.2) is 5.65 Å². The van der Waals surface area contributed by atoms with Crippen molar-refractivity contribution in [2.45, 2.75) is 12.8 Å². The van der Waals surface area contributed by atoms with Gasteiger partial charge in [-0.1, -0.05) is 30.3 Å². The van der Waals surface area contributed by atoms with E-state index in [1.165, 1.54) is 0 Å². The van der Waals surface area contributed by atoms with Gasteiger partial charge in [0.05, 0.1) is 11.9 Å². The fraction of sp³-hybridized carbons (Fsp3) is 0.222. The Morgan fingerprint density at radius 3 is 2.68 bits per heavy atom. The van der Waals surface area contributed by atoms with E-state index in [2.05, 4.69) is 25.6 Å². The molecule has 0 bridgehead atoms. The largest absolute Gasteiger partial charge is 0.338 e. The monoisotopic (exact) mass is 336 g/mol. The molecule has 7 nitrogen and oxygen atoms in total. The number of hydrogen-bond acceptors (Lipinski definition) is 5. The number of rotatable bonds is 6. The van der Waals surface area contributed by atoms with Crippen LogP contribution in [0.1, 0.15) is 12.8 Å². The summed E-state index contributed by atoms with van der Waals surface area (Å²) in [5, 5.41) is 5.48. The maximum Gasteiger partial charge on any atom is 0.320 e. The second-order valence-electron chi connectivity index (χ2n) is 5.54. The van der Waals surface area contributed by atoms with Gasteiger partial charge in [-0.15, -0.1) is 0 Å². The van der Waals surface area contributed by atoms with E-state index in [0.717, 1.165) is 24.1 Å². The van der Waals surface area contributed by atoms with Gasteiger partial charge in [-0.05, 0) is 31.5 Å². The lowest BCUT2D eigenvalue weighted by molar-refractivity contribution is 0.252. The van der Waals surface area contributed by atoms with Crippen LogP contribution in [-0.4, -0.2) is 34.1 Å². The first-order chi connectivity index (χ1) is 12.3. The van der Waals surface area contributed by atoms with Crippen LogP contribution in [0.25, 0.3) is 22.4 Å². The lowest BCUT2D eigenvalue weighted by Crippen LogP contribution is -2.30. The maximum atomic E-state index is 11.9. The number of fused-ring (bicyclic) bond motifs is 1. The third-order valence-corrected chi connectivity index (χ3v) is 3.63. The molecule has 1 aromatic carbocycles. The van der Waals surface area contributed by atoms with Crippen LogP contribution in [0.5, 0.6) is 0 Å². The molecule has 128 valence electrons. The van der Waals surface area contributed by atoms with Crippen molar-refractivity contribution in [1.82, 2.24) is 20.3 Å². The van der Waals surface area contributed by atoms with Gasteiger partial charge in [0.25, 0.3) is 0 Å². The molecule has 0 aliphatic rings. The molecule has 0 aliphatic heterocycles. The highest BCUT2D eigenvalue weighted by molar-refractivity contribution is 5.89. The number of nitrogens with one attached hydrogen (secondary N) is 2. The number of carbonyl (C=O) groups excluding carboxylic acids is 1. The molecule has 0 fully saturated rings. The summed E-state index contributed by atoms with van der Waals surface area (Å²) >= 11 is 0. The van der Waals surface area contributed by atoms with E-state index in [1.807, 2.05) is 30.3 Å².